The van der Waals surface area contributed by atoms with Crippen LogP contribution >= 0.6 is 11.6 Å². The van der Waals surface area contributed by atoms with Crippen LogP contribution in [0.25, 0.3) is 0 Å². The Kier molecular flexibility index (Phi) is 4.98. The van der Waals surface area contributed by atoms with Crippen molar-refractivity contribution in [3.05, 3.63) is 23.2 Å². The van der Waals surface area contributed by atoms with Gasteiger partial charge in [0, 0.05) is 21.2 Å². The molecule has 2 unspecified atom stereocenters. The monoisotopic (exact) mass is 302 g/mol. The van der Waals surface area contributed by atoms with Crippen molar-refractivity contribution in [1.29, 1.82) is 0 Å². The average molecular weight is 303 g/mol. The van der Waals surface area contributed by atoms with Crippen LogP contribution in [0.4, 0.5) is 11.4 Å². The van der Waals surface area contributed by atoms with Gasteiger partial charge in [-0.15, -0.1) is 0 Å². The van der Waals surface area contributed by atoms with Crippen LogP contribution in [-0.2, 0) is 15.6 Å². The van der Waals surface area contributed by atoms with Gasteiger partial charge < -0.3 is 11.1 Å². The Bertz CT molecular complexity index is 512. The minimum atomic E-state index is -1.26. The number of carbonyl (C=O) groups is 1. The van der Waals surface area contributed by atoms with Crippen molar-refractivity contribution in [2.45, 2.75) is 37.7 Å². The summed E-state index contributed by atoms with van der Waals surface area (Å²) in [6, 6.07) is 4.84. The summed E-state index contributed by atoms with van der Waals surface area (Å²) in [5, 5.41) is 2.53. The third-order valence-corrected chi connectivity index (χ3v) is 4.97. The molecule has 6 heteroatoms. The molecule has 2 atom stereocenters. The van der Waals surface area contributed by atoms with Crippen molar-refractivity contribution < 1.29 is 9.00 Å². The second-order valence-corrected chi connectivity index (χ2v) is 8.21. The lowest BCUT2D eigenvalue weighted by molar-refractivity contribution is -0.115. The van der Waals surface area contributed by atoms with Crippen molar-refractivity contribution in [2.75, 3.05) is 11.1 Å². The zero-order valence-electron chi connectivity index (χ0n) is 11.5. The molecule has 1 aromatic carbocycles. The molecule has 0 aromatic heterocycles. The highest BCUT2D eigenvalue weighted by Crippen LogP contribution is 2.23. The molecule has 0 heterocycles. The number of hydrogen-bond acceptors (Lipinski definition) is 3. The maximum Gasteiger partial charge on any atom is 0.239 e. The van der Waals surface area contributed by atoms with Crippen molar-refractivity contribution in [3.63, 3.8) is 0 Å². The molecular weight excluding hydrogens is 284 g/mol. The summed E-state index contributed by atoms with van der Waals surface area (Å²) in [7, 11) is -1.26. The molecule has 0 radical (unpaired) electrons. The van der Waals surface area contributed by atoms with Crippen molar-refractivity contribution in [3.8, 4) is 0 Å². The van der Waals surface area contributed by atoms with Crippen molar-refractivity contribution in [2.24, 2.45) is 0 Å². The molecule has 4 nitrogen and oxygen atoms in total. The summed E-state index contributed by atoms with van der Waals surface area (Å²) in [5.41, 5.74) is 6.60. The van der Waals surface area contributed by atoms with Gasteiger partial charge in [0.2, 0.25) is 5.91 Å². The fourth-order valence-corrected chi connectivity index (χ4v) is 2.92. The predicted octanol–water partition coefficient (Wildman–Crippen LogP) is 2.80. The quantitative estimate of drug-likeness (QED) is 0.843. The summed E-state index contributed by atoms with van der Waals surface area (Å²) in [5.74, 6) is -0.296. The number of carbonyl (C=O) groups excluding carboxylic acids is 1. The Hall–Kier alpha value is -1.07. The number of halogens is 1. The SMILES string of the molecule is CC(C(=O)Nc1ccc(Cl)c(N)c1)S(=O)C(C)(C)C. The largest absolute Gasteiger partial charge is 0.397 e. The molecule has 19 heavy (non-hydrogen) atoms. The highest BCUT2D eigenvalue weighted by molar-refractivity contribution is 7.87. The van der Waals surface area contributed by atoms with E-state index in [1.165, 1.54) is 0 Å². The van der Waals surface area contributed by atoms with Crippen molar-refractivity contribution in [1.82, 2.24) is 0 Å². The first-order valence-electron chi connectivity index (χ1n) is 5.89. The third-order valence-electron chi connectivity index (χ3n) is 2.56. The van der Waals surface area contributed by atoms with E-state index in [0.29, 0.717) is 16.4 Å². The van der Waals surface area contributed by atoms with Crippen LogP contribution in [0.15, 0.2) is 18.2 Å². The standard InChI is InChI=1S/C13H19ClN2O2S/c1-8(19(18)13(2,3)4)12(17)16-9-5-6-10(14)11(15)7-9/h5-8H,15H2,1-4H3,(H,16,17). The fraction of sp³-hybridized carbons (Fsp3) is 0.462. The van der Waals surface area contributed by atoms with E-state index in [9.17, 15) is 9.00 Å². The van der Waals surface area contributed by atoms with E-state index >= 15 is 0 Å². The van der Waals surface area contributed by atoms with Gasteiger partial charge in [-0.05, 0) is 45.9 Å². The number of nitrogens with one attached hydrogen (secondary N) is 1. The number of rotatable bonds is 3. The molecule has 0 aliphatic heterocycles. The van der Waals surface area contributed by atoms with Crippen LogP contribution in [0.2, 0.25) is 5.02 Å². The topological polar surface area (TPSA) is 72.2 Å². The summed E-state index contributed by atoms with van der Waals surface area (Å²) < 4.78 is 11.7. The molecule has 3 N–H and O–H groups in total. The molecular formula is C13H19ClN2O2S. The first-order valence-corrected chi connectivity index (χ1v) is 7.48. The molecule has 0 spiro atoms. The predicted molar refractivity (Wildman–Crippen MR) is 81.9 cm³/mol. The van der Waals surface area contributed by atoms with E-state index in [4.69, 9.17) is 17.3 Å². The van der Waals surface area contributed by atoms with Gasteiger partial charge in [-0.2, -0.15) is 0 Å². The normalized spacial score (nSPS) is 14.8. The highest BCUT2D eigenvalue weighted by atomic mass is 35.5. The lowest BCUT2D eigenvalue weighted by atomic mass is 10.2. The summed E-state index contributed by atoms with van der Waals surface area (Å²) in [6.45, 7) is 7.17. The number of anilines is 2. The van der Waals surface area contributed by atoms with E-state index in [0.717, 1.165) is 0 Å². The Labute approximate surface area is 121 Å². The molecule has 0 fully saturated rings. The molecule has 0 saturated heterocycles. The number of nitrogen functional groups attached to an aromatic ring is 1. The van der Waals surface area contributed by atoms with Crippen molar-refractivity contribution >= 4 is 39.7 Å². The van der Waals surface area contributed by atoms with Crippen LogP contribution in [0.3, 0.4) is 0 Å². The summed E-state index contributed by atoms with van der Waals surface area (Å²) in [4.78, 5) is 12.0. The summed E-state index contributed by atoms with van der Waals surface area (Å²) >= 11 is 5.80. The molecule has 106 valence electrons. The minimum Gasteiger partial charge on any atom is -0.397 e. The van der Waals surface area contributed by atoms with Gasteiger partial charge in [0.05, 0.1) is 10.7 Å². The van der Waals surface area contributed by atoms with E-state index in [2.05, 4.69) is 5.32 Å². The molecule has 1 rings (SSSR count). The molecule has 0 bridgehead atoms. The Morgan fingerprint density at radius 2 is 2.00 bits per heavy atom. The van der Waals surface area contributed by atoms with Crippen LogP contribution in [0, 0.1) is 0 Å². The van der Waals surface area contributed by atoms with Gasteiger partial charge in [-0.3, -0.25) is 9.00 Å². The first kappa shape index (κ1) is 16.0. The van der Waals surface area contributed by atoms with Gasteiger partial charge in [0.25, 0.3) is 0 Å². The number of benzene rings is 1. The summed E-state index contributed by atoms with van der Waals surface area (Å²) in [6.07, 6.45) is 0. The van der Waals surface area contributed by atoms with Gasteiger partial charge in [0.1, 0.15) is 5.25 Å². The second-order valence-electron chi connectivity index (χ2n) is 5.28. The lowest BCUT2D eigenvalue weighted by Gasteiger charge is -2.22. The molecule has 0 saturated carbocycles. The third kappa shape index (κ3) is 4.21. The van der Waals surface area contributed by atoms with E-state index < -0.39 is 20.8 Å². The fourth-order valence-electron chi connectivity index (χ4n) is 1.49. The average Bonchev–Trinajstić information content (AvgIpc) is 2.30. The van der Waals surface area contributed by atoms with Crippen LogP contribution in [0.5, 0.6) is 0 Å². The smallest absolute Gasteiger partial charge is 0.239 e. The molecule has 1 amide bonds. The Morgan fingerprint density at radius 1 is 1.42 bits per heavy atom. The van der Waals surface area contributed by atoms with E-state index in [1.807, 2.05) is 20.8 Å². The van der Waals surface area contributed by atoms with Gasteiger partial charge in [-0.25, -0.2) is 0 Å². The maximum atomic E-state index is 12.1. The van der Waals surface area contributed by atoms with E-state index in [-0.39, 0.29) is 5.91 Å². The van der Waals surface area contributed by atoms with Gasteiger partial charge in [-0.1, -0.05) is 11.6 Å². The van der Waals surface area contributed by atoms with Crippen LogP contribution in [-0.4, -0.2) is 20.1 Å². The first-order chi connectivity index (χ1) is 8.62. The number of hydrogen-bond donors (Lipinski definition) is 2. The van der Waals surface area contributed by atoms with Gasteiger partial charge in [0.15, 0.2) is 0 Å². The molecule has 0 aliphatic carbocycles. The Balaban J connectivity index is 2.80. The minimum absolute atomic E-state index is 0.296. The zero-order valence-corrected chi connectivity index (χ0v) is 13.1. The second kappa shape index (κ2) is 5.92. The number of amides is 1. The number of nitrogens with two attached hydrogens (primary N) is 1. The molecule has 0 aliphatic rings. The van der Waals surface area contributed by atoms with Gasteiger partial charge >= 0.3 is 0 Å². The molecule has 1 aromatic rings. The maximum absolute atomic E-state index is 12.1. The Morgan fingerprint density at radius 3 is 2.47 bits per heavy atom. The van der Waals surface area contributed by atoms with Crippen LogP contribution < -0.4 is 11.1 Å². The zero-order chi connectivity index (χ0) is 14.8. The lowest BCUT2D eigenvalue weighted by Crippen LogP contribution is -2.37. The highest BCUT2D eigenvalue weighted by Gasteiger charge is 2.29. The van der Waals surface area contributed by atoms with Crippen LogP contribution in [0.1, 0.15) is 27.7 Å². The van der Waals surface area contributed by atoms with E-state index in [1.54, 1.807) is 25.1 Å².